The van der Waals surface area contributed by atoms with Gasteiger partial charge in [-0.3, -0.25) is 10.1 Å². The summed E-state index contributed by atoms with van der Waals surface area (Å²) >= 11 is 1.40. The summed E-state index contributed by atoms with van der Waals surface area (Å²) in [5.41, 5.74) is 2.97. The average Bonchev–Trinajstić information content (AvgIpc) is 3.52. The molecule has 0 amide bonds. The zero-order valence-corrected chi connectivity index (χ0v) is 18.0. The Labute approximate surface area is 192 Å². The number of hydrogen-bond acceptors (Lipinski definition) is 6. The molecule has 6 nitrogen and oxygen atoms in total. The first-order valence-corrected chi connectivity index (χ1v) is 10.9. The maximum absolute atomic E-state index is 10.8. The van der Waals surface area contributed by atoms with E-state index in [-0.39, 0.29) is 5.69 Å². The van der Waals surface area contributed by atoms with Gasteiger partial charge < -0.3 is 4.42 Å². The smallest absolute Gasteiger partial charge is 0.269 e. The molecule has 0 saturated heterocycles. The Balaban J connectivity index is 1.44. The number of non-ortho nitro benzene ring substituents is 1. The van der Waals surface area contributed by atoms with E-state index in [1.165, 1.54) is 23.5 Å². The Hall–Kier alpha value is -4.54. The van der Waals surface area contributed by atoms with Crippen LogP contribution in [0.5, 0.6) is 0 Å². The van der Waals surface area contributed by atoms with E-state index in [4.69, 9.17) is 9.40 Å². The van der Waals surface area contributed by atoms with Crippen LogP contribution < -0.4 is 0 Å². The summed E-state index contributed by atoms with van der Waals surface area (Å²) in [5, 5.41) is 25.4. The quantitative estimate of drug-likeness (QED) is 0.161. The fourth-order valence-electron chi connectivity index (χ4n) is 3.59. The second kappa shape index (κ2) is 8.54. The molecule has 5 rings (SSSR count). The molecule has 0 aliphatic heterocycles. The third-order valence-corrected chi connectivity index (χ3v) is 6.07. The van der Waals surface area contributed by atoms with Gasteiger partial charge in [-0.25, -0.2) is 4.98 Å². The van der Waals surface area contributed by atoms with Crippen LogP contribution in [0.3, 0.4) is 0 Å². The van der Waals surface area contributed by atoms with Crippen molar-refractivity contribution in [1.82, 2.24) is 4.98 Å². The van der Waals surface area contributed by atoms with Crippen molar-refractivity contribution in [3.8, 4) is 28.7 Å². The van der Waals surface area contributed by atoms with Gasteiger partial charge in [0.05, 0.1) is 16.2 Å². The van der Waals surface area contributed by atoms with Crippen LogP contribution in [-0.2, 0) is 0 Å². The summed E-state index contributed by atoms with van der Waals surface area (Å²) in [6.45, 7) is 0. The number of nitro benzene ring substituents is 1. The van der Waals surface area contributed by atoms with Crippen LogP contribution in [0.2, 0.25) is 0 Å². The van der Waals surface area contributed by atoms with E-state index in [9.17, 15) is 15.4 Å². The molecular formula is C26H15N3O3S. The second-order valence-electron chi connectivity index (χ2n) is 7.24. The van der Waals surface area contributed by atoms with Gasteiger partial charge in [0.25, 0.3) is 5.69 Å². The molecule has 158 valence electrons. The van der Waals surface area contributed by atoms with E-state index in [0.717, 1.165) is 22.0 Å². The van der Waals surface area contributed by atoms with Crippen molar-refractivity contribution in [2.75, 3.05) is 0 Å². The van der Waals surface area contributed by atoms with E-state index in [2.05, 4.69) is 24.3 Å². The normalized spacial score (nSPS) is 11.4. The lowest BCUT2D eigenvalue weighted by Crippen LogP contribution is -1.86. The van der Waals surface area contributed by atoms with Gasteiger partial charge in [0.2, 0.25) is 0 Å². The molecule has 0 fully saturated rings. The lowest BCUT2D eigenvalue weighted by atomic mass is 10.0. The molecule has 0 unspecified atom stereocenters. The highest BCUT2D eigenvalue weighted by Gasteiger charge is 2.13. The van der Waals surface area contributed by atoms with E-state index >= 15 is 0 Å². The Morgan fingerprint density at radius 3 is 2.61 bits per heavy atom. The number of thiazole rings is 1. The Morgan fingerprint density at radius 1 is 1.03 bits per heavy atom. The summed E-state index contributed by atoms with van der Waals surface area (Å²) in [4.78, 5) is 15.1. The summed E-state index contributed by atoms with van der Waals surface area (Å²) in [7, 11) is 0. The van der Waals surface area contributed by atoms with E-state index in [0.29, 0.717) is 27.7 Å². The summed E-state index contributed by atoms with van der Waals surface area (Å²) in [5.74, 6) is 1.06. The lowest BCUT2D eigenvalue weighted by molar-refractivity contribution is -0.384. The molecule has 33 heavy (non-hydrogen) atoms. The maximum atomic E-state index is 10.8. The van der Waals surface area contributed by atoms with Gasteiger partial charge in [-0.1, -0.05) is 42.5 Å². The van der Waals surface area contributed by atoms with Crippen LogP contribution in [0, 0.1) is 21.4 Å². The molecule has 0 spiro atoms. The van der Waals surface area contributed by atoms with Crippen LogP contribution in [0.4, 0.5) is 5.69 Å². The van der Waals surface area contributed by atoms with Gasteiger partial charge in [-0.05, 0) is 35.0 Å². The molecule has 0 aliphatic rings. The molecule has 0 radical (unpaired) electrons. The minimum absolute atomic E-state index is 0.0166. The average molecular weight is 449 g/mol. The topological polar surface area (TPSA) is 93.0 Å². The van der Waals surface area contributed by atoms with Crippen LogP contribution in [0.25, 0.3) is 45.0 Å². The minimum atomic E-state index is -0.445. The third kappa shape index (κ3) is 4.03. The Kier molecular flexibility index (Phi) is 5.27. The molecule has 0 N–H and O–H groups in total. The predicted octanol–water partition coefficient (Wildman–Crippen LogP) is 7.20. The zero-order chi connectivity index (χ0) is 22.8. The largest absolute Gasteiger partial charge is 0.457 e. The van der Waals surface area contributed by atoms with Gasteiger partial charge >= 0.3 is 0 Å². The van der Waals surface area contributed by atoms with Gasteiger partial charge in [0.1, 0.15) is 22.6 Å². The first-order valence-electron chi connectivity index (χ1n) is 10.0. The van der Waals surface area contributed by atoms with E-state index in [1.54, 1.807) is 30.3 Å². The van der Waals surface area contributed by atoms with Crippen molar-refractivity contribution in [1.29, 1.82) is 5.26 Å². The number of nitrogens with zero attached hydrogens (tertiary/aromatic N) is 3. The monoisotopic (exact) mass is 449 g/mol. The van der Waals surface area contributed by atoms with Crippen molar-refractivity contribution < 1.29 is 9.34 Å². The van der Waals surface area contributed by atoms with Crippen LogP contribution >= 0.6 is 11.3 Å². The SMILES string of the molecule is N#C/C(=C\c1ccc(-c2ccc([N+](=O)[O-])cc2)o1)c1nc(-c2cccc3ccccc23)cs1. The van der Waals surface area contributed by atoms with Crippen LogP contribution in [0.1, 0.15) is 10.8 Å². The molecule has 0 atom stereocenters. The van der Waals surface area contributed by atoms with Gasteiger partial charge in [-0.15, -0.1) is 11.3 Å². The molecular weight excluding hydrogens is 434 g/mol. The number of fused-ring (bicyclic) bond motifs is 1. The Bertz CT molecular complexity index is 1550. The number of allylic oxidation sites excluding steroid dienone is 1. The summed E-state index contributed by atoms with van der Waals surface area (Å²) < 4.78 is 5.85. The lowest BCUT2D eigenvalue weighted by Gasteiger charge is -2.03. The van der Waals surface area contributed by atoms with E-state index in [1.807, 2.05) is 29.6 Å². The van der Waals surface area contributed by atoms with Crippen molar-refractivity contribution >= 4 is 39.4 Å². The van der Waals surface area contributed by atoms with Crippen molar-refractivity contribution in [2.24, 2.45) is 0 Å². The number of nitro groups is 1. The summed E-state index contributed by atoms with van der Waals surface area (Å²) in [6, 6.07) is 26.1. The van der Waals surface area contributed by atoms with Gasteiger partial charge in [0.15, 0.2) is 0 Å². The molecule has 7 heteroatoms. The minimum Gasteiger partial charge on any atom is -0.457 e. The van der Waals surface area contributed by atoms with Crippen molar-refractivity contribution in [2.45, 2.75) is 0 Å². The number of furan rings is 1. The predicted molar refractivity (Wildman–Crippen MR) is 129 cm³/mol. The van der Waals surface area contributed by atoms with Crippen LogP contribution in [0.15, 0.2) is 88.7 Å². The highest BCUT2D eigenvalue weighted by molar-refractivity contribution is 7.11. The molecule has 2 aromatic heterocycles. The van der Waals surface area contributed by atoms with E-state index < -0.39 is 4.92 Å². The fourth-order valence-corrected chi connectivity index (χ4v) is 4.37. The number of hydrogen-bond donors (Lipinski definition) is 0. The van der Waals surface area contributed by atoms with Gasteiger partial charge in [-0.2, -0.15) is 5.26 Å². The summed E-state index contributed by atoms with van der Waals surface area (Å²) in [6.07, 6.45) is 1.65. The maximum Gasteiger partial charge on any atom is 0.269 e. The first kappa shape index (κ1) is 20.4. The zero-order valence-electron chi connectivity index (χ0n) is 17.1. The van der Waals surface area contributed by atoms with Crippen molar-refractivity contribution in [3.05, 3.63) is 105 Å². The molecule has 5 aromatic rings. The number of aromatic nitrogens is 1. The molecule has 3 aromatic carbocycles. The number of rotatable bonds is 5. The highest BCUT2D eigenvalue weighted by atomic mass is 32.1. The molecule has 0 aliphatic carbocycles. The molecule has 2 heterocycles. The van der Waals surface area contributed by atoms with Gasteiger partial charge in [0, 0.05) is 34.7 Å². The second-order valence-corrected chi connectivity index (χ2v) is 8.10. The Morgan fingerprint density at radius 2 is 1.82 bits per heavy atom. The van der Waals surface area contributed by atoms with Crippen molar-refractivity contribution in [3.63, 3.8) is 0 Å². The fraction of sp³-hybridized carbons (Fsp3) is 0. The third-order valence-electron chi connectivity index (χ3n) is 5.20. The molecule has 0 bridgehead atoms. The standard InChI is InChI=1S/C26H15N3O3S/c27-15-19(14-21-12-13-25(32-21)18-8-10-20(11-9-18)29(30)31)26-28-24(16-33-26)23-7-3-5-17-4-1-2-6-22(17)23/h1-14,16H/b19-14+. The van der Waals surface area contributed by atoms with Crippen LogP contribution in [-0.4, -0.2) is 9.91 Å². The number of nitriles is 1. The number of benzene rings is 3. The first-order chi connectivity index (χ1) is 16.1. The highest BCUT2D eigenvalue weighted by Crippen LogP contribution is 2.32. The molecule has 0 saturated carbocycles.